The molecule has 1 aliphatic rings. The van der Waals surface area contributed by atoms with E-state index in [0.29, 0.717) is 12.6 Å². The summed E-state index contributed by atoms with van der Waals surface area (Å²) in [7, 11) is 0. The first-order chi connectivity index (χ1) is 4.83. The molecular weight excluding hydrogens is 128 g/mol. The molecule has 0 aromatic heterocycles. The number of hydrogen-bond acceptors (Lipinski definition) is 3. The van der Waals surface area contributed by atoms with Crippen molar-refractivity contribution in [3.05, 3.63) is 0 Å². The van der Waals surface area contributed by atoms with Crippen molar-refractivity contribution in [1.29, 1.82) is 0 Å². The lowest BCUT2D eigenvalue weighted by molar-refractivity contribution is -0.109. The topological polar surface area (TPSA) is 46.3 Å². The van der Waals surface area contributed by atoms with Gasteiger partial charge in [0.05, 0.1) is 6.54 Å². The molecule has 1 saturated heterocycles. The maximum Gasteiger partial charge on any atom is 0.133 e. The van der Waals surface area contributed by atoms with Gasteiger partial charge in [0, 0.05) is 19.1 Å². The highest BCUT2D eigenvalue weighted by Gasteiger charge is 2.14. The van der Waals surface area contributed by atoms with Crippen LogP contribution < -0.4 is 5.73 Å². The molecule has 2 N–H and O–H groups in total. The van der Waals surface area contributed by atoms with Crippen molar-refractivity contribution >= 4 is 6.29 Å². The van der Waals surface area contributed by atoms with E-state index in [-0.39, 0.29) is 0 Å². The molecule has 3 heteroatoms. The summed E-state index contributed by atoms with van der Waals surface area (Å²) in [5.74, 6) is 0. The Bertz CT molecular complexity index is 108. The van der Waals surface area contributed by atoms with Gasteiger partial charge < -0.3 is 10.5 Å². The van der Waals surface area contributed by atoms with Crippen molar-refractivity contribution in [2.45, 2.75) is 18.9 Å². The van der Waals surface area contributed by atoms with Crippen LogP contribution >= 0.6 is 0 Å². The smallest absolute Gasteiger partial charge is 0.133 e. The molecule has 1 heterocycles. The molecule has 0 saturated carbocycles. The van der Waals surface area contributed by atoms with E-state index in [4.69, 9.17) is 5.73 Å². The molecule has 0 aromatic rings. The summed E-state index contributed by atoms with van der Waals surface area (Å²) in [5.41, 5.74) is 5.68. The largest absolute Gasteiger partial charge is 0.328 e. The average Bonchev–Trinajstić information content (AvgIpc) is 1.95. The fraction of sp³-hybridized carbons (Fsp3) is 0.857. The van der Waals surface area contributed by atoms with Crippen molar-refractivity contribution in [3.8, 4) is 0 Å². The number of carbonyl (C=O) groups is 1. The monoisotopic (exact) mass is 142 g/mol. The number of nitrogens with two attached hydrogens (primary N) is 1. The van der Waals surface area contributed by atoms with Crippen molar-refractivity contribution in [2.24, 2.45) is 5.73 Å². The highest BCUT2D eigenvalue weighted by atomic mass is 16.1. The van der Waals surface area contributed by atoms with E-state index in [2.05, 4.69) is 4.90 Å². The van der Waals surface area contributed by atoms with Gasteiger partial charge in [0.1, 0.15) is 6.29 Å². The molecule has 0 amide bonds. The lowest BCUT2D eigenvalue weighted by atomic mass is 10.1. The Morgan fingerprint density at radius 2 is 2.10 bits per heavy atom. The molecule has 0 aliphatic carbocycles. The van der Waals surface area contributed by atoms with Crippen molar-refractivity contribution < 1.29 is 4.79 Å². The average molecular weight is 142 g/mol. The second kappa shape index (κ2) is 3.68. The minimum Gasteiger partial charge on any atom is -0.328 e. The number of hydrogen-bond donors (Lipinski definition) is 1. The Morgan fingerprint density at radius 1 is 1.50 bits per heavy atom. The molecule has 1 aliphatic heterocycles. The predicted molar refractivity (Wildman–Crippen MR) is 39.7 cm³/mol. The van der Waals surface area contributed by atoms with Gasteiger partial charge in [0.15, 0.2) is 0 Å². The molecule has 0 unspecified atom stereocenters. The zero-order chi connectivity index (χ0) is 7.40. The maximum absolute atomic E-state index is 10.1. The highest BCUT2D eigenvalue weighted by Crippen LogP contribution is 2.06. The number of nitrogens with zero attached hydrogens (tertiary/aromatic N) is 1. The van der Waals surface area contributed by atoms with Crippen LogP contribution in [0.1, 0.15) is 12.8 Å². The van der Waals surface area contributed by atoms with Crippen LogP contribution in [0.3, 0.4) is 0 Å². The summed E-state index contributed by atoms with van der Waals surface area (Å²) < 4.78 is 0. The third-order valence-electron chi connectivity index (χ3n) is 1.96. The van der Waals surface area contributed by atoms with Crippen LogP contribution in [0.25, 0.3) is 0 Å². The highest BCUT2D eigenvalue weighted by molar-refractivity contribution is 5.51. The number of aldehydes is 1. The van der Waals surface area contributed by atoms with Crippen molar-refractivity contribution in [1.82, 2.24) is 4.90 Å². The molecule has 3 nitrogen and oxygen atoms in total. The summed E-state index contributed by atoms with van der Waals surface area (Å²) in [6.45, 7) is 2.55. The minimum atomic E-state index is 0.364. The third kappa shape index (κ3) is 2.08. The second-order valence-electron chi connectivity index (χ2n) is 2.80. The van der Waals surface area contributed by atoms with Crippen LogP contribution in [-0.4, -0.2) is 36.9 Å². The van der Waals surface area contributed by atoms with E-state index in [0.717, 1.165) is 32.2 Å². The Morgan fingerprint density at radius 3 is 2.60 bits per heavy atom. The normalized spacial score (nSPS) is 22.9. The van der Waals surface area contributed by atoms with E-state index < -0.39 is 0 Å². The van der Waals surface area contributed by atoms with Gasteiger partial charge in [0.2, 0.25) is 0 Å². The first kappa shape index (κ1) is 7.69. The van der Waals surface area contributed by atoms with Gasteiger partial charge >= 0.3 is 0 Å². The summed E-state index contributed by atoms with van der Waals surface area (Å²) in [6.07, 6.45) is 3.03. The molecular formula is C7H14N2O. The number of carbonyl (C=O) groups excluding carboxylic acids is 1. The van der Waals surface area contributed by atoms with Crippen LogP contribution in [0.4, 0.5) is 0 Å². The van der Waals surface area contributed by atoms with Crippen LogP contribution in [-0.2, 0) is 4.79 Å². The van der Waals surface area contributed by atoms with Crippen LogP contribution in [0.5, 0.6) is 0 Å². The van der Waals surface area contributed by atoms with Crippen molar-refractivity contribution in [2.75, 3.05) is 19.6 Å². The first-order valence-electron chi connectivity index (χ1n) is 3.74. The molecule has 0 atom stereocenters. The Kier molecular flexibility index (Phi) is 2.83. The first-order valence-corrected chi connectivity index (χ1v) is 3.74. The molecule has 1 fully saturated rings. The van der Waals surface area contributed by atoms with Crippen LogP contribution in [0.2, 0.25) is 0 Å². The Hall–Kier alpha value is -0.410. The van der Waals surface area contributed by atoms with E-state index in [9.17, 15) is 4.79 Å². The van der Waals surface area contributed by atoms with Crippen LogP contribution in [0, 0.1) is 0 Å². The maximum atomic E-state index is 10.1. The van der Waals surface area contributed by atoms with E-state index in [1.165, 1.54) is 0 Å². The van der Waals surface area contributed by atoms with E-state index in [1.807, 2.05) is 0 Å². The third-order valence-corrected chi connectivity index (χ3v) is 1.96. The summed E-state index contributed by atoms with van der Waals surface area (Å²) >= 11 is 0. The van der Waals surface area contributed by atoms with Gasteiger partial charge in [0.25, 0.3) is 0 Å². The Labute approximate surface area is 61.2 Å². The lowest BCUT2D eigenvalue weighted by Gasteiger charge is -2.28. The second-order valence-corrected chi connectivity index (χ2v) is 2.80. The standard InChI is InChI=1S/C7H14N2O/c8-7-1-3-9(4-2-7)5-6-10/h6-7H,1-5,8H2. The van der Waals surface area contributed by atoms with Gasteiger partial charge in [-0.3, -0.25) is 4.90 Å². The van der Waals surface area contributed by atoms with Gasteiger partial charge in [-0.25, -0.2) is 0 Å². The quantitative estimate of drug-likeness (QED) is 0.534. The SMILES string of the molecule is NC1CCN(CC=O)CC1. The van der Waals surface area contributed by atoms with Gasteiger partial charge in [-0.2, -0.15) is 0 Å². The fourth-order valence-electron chi connectivity index (χ4n) is 1.24. The van der Waals surface area contributed by atoms with E-state index in [1.54, 1.807) is 0 Å². The minimum absolute atomic E-state index is 0.364. The van der Waals surface area contributed by atoms with Gasteiger partial charge in [-0.15, -0.1) is 0 Å². The van der Waals surface area contributed by atoms with Crippen LogP contribution in [0.15, 0.2) is 0 Å². The molecule has 0 aromatic carbocycles. The van der Waals surface area contributed by atoms with E-state index >= 15 is 0 Å². The van der Waals surface area contributed by atoms with Crippen molar-refractivity contribution in [3.63, 3.8) is 0 Å². The van der Waals surface area contributed by atoms with Gasteiger partial charge in [-0.1, -0.05) is 0 Å². The number of rotatable bonds is 2. The Balaban J connectivity index is 2.19. The zero-order valence-electron chi connectivity index (χ0n) is 6.12. The lowest BCUT2D eigenvalue weighted by Crippen LogP contribution is -2.40. The zero-order valence-corrected chi connectivity index (χ0v) is 6.12. The summed E-state index contributed by atoms with van der Waals surface area (Å²) in [5, 5.41) is 0. The summed E-state index contributed by atoms with van der Waals surface area (Å²) in [4.78, 5) is 12.2. The fourth-order valence-corrected chi connectivity index (χ4v) is 1.24. The molecule has 0 radical (unpaired) electrons. The number of likely N-dealkylation sites (tertiary alicyclic amines) is 1. The van der Waals surface area contributed by atoms with Gasteiger partial charge in [-0.05, 0) is 12.8 Å². The molecule has 1 rings (SSSR count). The molecule has 0 spiro atoms. The molecule has 10 heavy (non-hydrogen) atoms. The summed E-state index contributed by atoms with van der Waals surface area (Å²) in [6, 6.07) is 0.364. The predicted octanol–water partition coefficient (Wildman–Crippen LogP) is -0.392. The number of piperidine rings is 1. The molecule has 0 bridgehead atoms. The molecule has 58 valence electrons.